The fourth-order valence-electron chi connectivity index (χ4n) is 1.85. The van der Waals surface area contributed by atoms with Crippen molar-refractivity contribution in [1.82, 2.24) is 5.32 Å². The number of carboxylic acids is 1. The van der Waals surface area contributed by atoms with Gasteiger partial charge in [-0.2, -0.15) is 0 Å². The van der Waals surface area contributed by atoms with E-state index in [-0.39, 0.29) is 11.1 Å². The van der Waals surface area contributed by atoms with Crippen LogP contribution in [0.1, 0.15) is 19.4 Å². The SMILES string of the molecule is CC(C)(C(=O)O)c1ccc(NC(=O)C2CSC(=O)N2)cc1. The number of carbonyl (C=O) groups is 3. The van der Waals surface area contributed by atoms with Crippen molar-refractivity contribution >= 4 is 34.6 Å². The summed E-state index contributed by atoms with van der Waals surface area (Å²) in [5.74, 6) is -0.780. The van der Waals surface area contributed by atoms with Gasteiger partial charge >= 0.3 is 5.97 Å². The molecule has 0 radical (unpaired) electrons. The Bertz CT molecular complexity index is 583. The van der Waals surface area contributed by atoms with Crippen LogP contribution >= 0.6 is 11.8 Å². The van der Waals surface area contributed by atoms with Crippen LogP contribution in [0.15, 0.2) is 24.3 Å². The molecule has 6 nitrogen and oxygen atoms in total. The third kappa shape index (κ3) is 3.36. The highest BCUT2D eigenvalue weighted by Gasteiger charge is 2.30. The largest absolute Gasteiger partial charge is 0.481 e. The van der Waals surface area contributed by atoms with Gasteiger partial charge in [-0.05, 0) is 31.5 Å². The second kappa shape index (κ2) is 5.77. The number of aliphatic carboxylic acids is 1. The zero-order valence-corrected chi connectivity index (χ0v) is 12.5. The van der Waals surface area contributed by atoms with Crippen LogP contribution < -0.4 is 10.6 Å². The number of carbonyl (C=O) groups excluding carboxylic acids is 2. The van der Waals surface area contributed by atoms with Crippen molar-refractivity contribution in [2.45, 2.75) is 25.3 Å². The average molecular weight is 308 g/mol. The minimum atomic E-state index is -0.987. The highest BCUT2D eigenvalue weighted by atomic mass is 32.2. The fraction of sp³-hybridized carbons (Fsp3) is 0.357. The number of hydrogen-bond acceptors (Lipinski definition) is 4. The summed E-state index contributed by atoms with van der Waals surface area (Å²) in [5.41, 5.74) is 0.229. The van der Waals surface area contributed by atoms with E-state index in [4.69, 9.17) is 5.11 Å². The molecule has 2 rings (SSSR count). The van der Waals surface area contributed by atoms with E-state index in [9.17, 15) is 14.4 Å². The summed E-state index contributed by atoms with van der Waals surface area (Å²) in [6.45, 7) is 3.24. The standard InChI is InChI=1S/C14H16N2O4S/c1-14(2,12(18)19)8-3-5-9(6-4-8)15-11(17)10-7-21-13(20)16-10/h3-6,10H,7H2,1-2H3,(H,15,17)(H,16,20)(H,18,19). The first-order chi connectivity index (χ1) is 9.80. The molecule has 0 aliphatic carbocycles. The van der Waals surface area contributed by atoms with Crippen molar-refractivity contribution in [3.05, 3.63) is 29.8 Å². The quantitative estimate of drug-likeness (QED) is 0.788. The fourth-order valence-corrected chi connectivity index (χ4v) is 2.63. The minimum absolute atomic E-state index is 0.200. The van der Waals surface area contributed by atoms with Crippen molar-refractivity contribution in [1.29, 1.82) is 0 Å². The van der Waals surface area contributed by atoms with Gasteiger partial charge in [-0.3, -0.25) is 14.4 Å². The molecule has 1 aliphatic heterocycles. The molecule has 1 fully saturated rings. The maximum absolute atomic E-state index is 11.9. The Hall–Kier alpha value is -2.02. The zero-order valence-electron chi connectivity index (χ0n) is 11.7. The third-order valence-electron chi connectivity index (χ3n) is 3.40. The number of hydrogen-bond donors (Lipinski definition) is 3. The van der Waals surface area contributed by atoms with Crippen LogP contribution in [-0.2, 0) is 15.0 Å². The molecule has 21 heavy (non-hydrogen) atoms. The van der Waals surface area contributed by atoms with Gasteiger partial charge in [0, 0.05) is 11.4 Å². The van der Waals surface area contributed by atoms with E-state index in [2.05, 4.69) is 10.6 Å². The topological polar surface area (TPSA) is 95.5 Å². The molecule has 1 aromatic carbocycles. The van der Waals surface area contributed by atoms with Gasteiger partial charge in [0.05, 0.1) is 5.41 Å². The van der Waals surface area contributed by atoms with Gasteiger partial charge in [0.1, 0.15) is 6.04 Å². The lowest BCUT2D eigenvalue weighted by molar-refractivity contribution is -0.142. The summed E-state index contributed by atoms with van der Waals surface area (Å²) in [5, 5.41) is 14.2. The first-order valence-corrected chi connectivity index (χ1v) is 7.37. The van der Waals surface area contributed by atoms with E-state index in [0.717, 1.165) is 11.8 Å². The van der Waals surface area contributed by atoms with Crippen LogP contribution in [0, 0.1) is 0 Å². The number of carboxylic acid groups (broad SMARTS) is 1. The lowest BCUT2D eigenvalue weighted by Gasteiger charge is -2.20. The average Bonchev–Trinajstić information content (AvgIpc) is 2.86. The maximum atomic E-state index is 11.9. The number of rotatable bonds is 4. The van der Waals surface area contributed by atoms with Crippen LogP contribution in [0.25, 0.3) is 0 Å². The van der Waals surface area contributed by atoms with Crippen molar-refractivity contribution in [2.75, 3.05) is 11.1 Å². The van der Waals surface area contributed by atoms with Gasteiger partial charge in [0.25, 0.3) is 5.24 Å². The molecule has 0 bridgehead atoms. The van der Waals surface area contributed by atoms with Gasteiger partial charge in [-0.25, -0.2) is 0 Å². The Morgan fingerprint density at radius 1 is 1.33 bits per heavy atom. The Morgan fingerprint density at radius 3 is 2.43 bits per heavy atom. The molecule has 1 saturated heterocycles. The summed E-state index contributed by atoms with van der Waals surface area (Å²) in [6.07, 6.45) is 0. The van der Waals surface area contributed by atoms with Crippen LogP contribution in [0.2, 0.25) is 0 Å². The third-order valence-corrected chi connectivity index (χ3v) is 4.28. The van der Waals surface area contributed by atoms with Crippen LogP contribution in [0.3, 0.4) is 0 Å². The molecule has 1 heterocycles. The Morgan fingerprint density at radius 2 is 1.95 bits per heavy atom. The van der Waals surface area contributed by atoms with Crippen molar-refractivity contribution in [2.24, 2.45) is 0 Å². The van der Waals surface area contributed by atoms with Gasteiger partial charge in [0.2, 0.25) is 5.91 Å². The van der Waals surface area contributed by atoms with Crippen LogP contribution in [-0.4, -0.2) is 34.0 Å². The Kier molecular flexibility index (Phi) is 4.22. The van der Waals surface area contributed by atoms with Crippen molar-refractivity contribution in [3.63, 3.8) is 0 Å². The molecule has 0 saturated carbocycles. The van der Waals surface area contributed by atoms with Crippen molar-refractivity contribution in [3.8, 4) is 0 Å². The molecule has 3 N–H and O–H groups in total. The summed E-state index contributed by atoms with van der Waals surface area (Å²) >= 11 is 1.08. The van der Waals surface area contributed by atoms with E-state index in [1.54, 1.807) is 38.1 Å². The molecular weight excluding hydrogens is 292 g/mol. The second-order valence-electron chi connectivity index (χ2n) is 5.29. The molecular formula is C14H16N2O4S. The van der Waals surface area contributed by atoms with E-state index in [1.807, 2.05) is 0 Å². The number of amides is 2. The van der Waals surface area contributed by atoms with E-state index in [1.165, 1.54) is 0 Å². The maximum Gasteiger partial charge on any atom is 0.313 e. The summed E-state index contributed by atoms with van der Waals surface area (Å²) in [6, 6.07) is 6.12. The molecule has 1 aliphatic rings. The molecule has 0 spiro atoms. The highest BCUT2D eigenvalue weighted by Crippen LogP contribution is 2.25. The second-order valence-corrected chi connectivity index (χ2v) is 6.28. The summed E-state index contributed by atoms with van der Waals surface area (Å²) in [4.78, 5) is 34.1. The smallest absolute Gasteiger partial charge is 0.313 e. The van der Waals surface area contributed by atoms with Gasteiger partial charge in [-0.15, -0.1) is 0 Å². The molecule has 0 aromatic heterocycles. The van der Waals surface area contributed by atoms with Crippen LogP contribution in [0.5, 0.6) is 0 Å². The van der Waals surface area contributed by atoms with E-state index < -0.39 is 17.4 Å². The first-order valence-electron chi connectivity index (χ1n) is 6.39. The number of nitrogens with one attached hydrogen (secondary N) is 2. The summed E-state index contributed by atoms with van der Waals surface area (Å²) in [7, 11) is 0. The monoisotopic (exact) mass is 308 g/mol. The number of thioether (sulfide) groups is 1. The van der Waals surface area contributed by atoms with Gasteiger partial charge in [-0.1, -0.05) is 23.9 Å². The van der Waals surface area contributed by atoms with Gasteiger partial charge < -0.3 is 15.7 Å². The molecule has 1 atom stereocenters. The lowest BCUT2D eigenvalue weighted by Crippen LogP contribution is -2.38. The molecule has 1 unspecified atom stereocenters. The predicted molar refractivity (Wildman–Crippen MR) is 80.5 cm³/mol. The predicted octanol–water partition coefficient (Wildman–Crippen LogP) is 1.81. The molecule has 1 aromatic rings. The zero-order chi connectivity index (χ0) is 15.6. The number of benzene rings is 1. The highest BCUT2D eigenvalue weighted by molar-refractivity contribution is 8.14. The minimum Gasteiger partial charge on any atom is -0.481 e. The van der Waals surface area contributed by atoms with Gasteiger partial charge in [0.15, 0.2) is 0 Å². The first kappa shape index (κ1) is 15.4. The lowest BCUT2D eigenvalue weighted by atomic mass is 9.85. The normalized spacial score (nSPS) is 18.2. The van der Waals surface area contributed by atoms with E-state index in [0.29, 0.717) is 17.0 Å². The number of anilines is 1. The molecule has 7 heteroatoms. The summed E-state index contributed by atoms with van der Waals surface area (Å²) < 4.78 is 0. The van der Waals surface area contributed by atoms with Crippen molar-refractivity contribution < 1.29 is 19.5 Å². The Balaban J connectivity index is 2.04. The van der Waals surface area contributed by atoms with E-state index >= 15 is 0 Å². The molecule has 112 valence electrons. The van der Waals surface area contributed by atoms with Crippen LogP contribution in [0.4, 0.5) is 10.5 Å². The Labute approximate surface area is 126 Å². The molecule has 2 amide bonds.